The zero-order chi connectivity index (χ0) is 11.9. The van der Waals surface area contributed by atoms with E-state index < -0.39 is 0 Å². The third-order valence-corrected chi connectivity index (χ3v) is 2.87. The molecule has 0 unspecified atom stereocenters. The summed E-state index contributed by atoms with van der Waals surface area (Å²) in [5, 5.41) is 3.49. The van der Waals surface area contributed by atoms with E-state index in [1.165, 1.54) is 24.8 Å². The predicted molar refractivity (Wildman–Crippen MR) is 69.7 cm³/mol. The van der Waals surface area contributed by atoms with Crippen LogP contribution in [-0.2, 0) is 4.74 Å². The third kappa shape index (κ3) is 7.02. The molecule has 0 saturated heterocycles. The van der Waals surface area contributed by atoms with Gasteiger partial charge in [0.1, 0.15) is 0 Å². The standard InChI is InChI=1S/C14H27NO/c1-14(2,3)8-4-5-9-15-11-13-7-6-10-16-12-13/h7,15H,4-6,8-12H2,1-3H3. The summed E-state index contributed by atoms with van der Waals surface area (Å²) < 4.78 is 5.40. The fourth-order valence-electron chi connectivity index (χ4n) is 1.89. The van der Waals surface area contributed by atoms with Crippen LogP contribution in [0.15, 0.2) is 11.6 Å². The van der Waals surface area contributed by atoms with Crippen LogP contribution in [0, 0.1) is 5.41 Å². The topological polar surface area (TPSA) is 21.3 Å². The van der Waals surface area contributed by atoms with Crippen LogP contribution in [0.1, 0.15) is 46.5 Å². The quantitative estimate of drug-likeness (QED) is 0.554. The van der Waals surface area contributed by atoms with E-state index in [-0.39, 0.29) is 0 Å². The van der Waals surface area contributed by atoms with Crippen LogP contribution in [0.3, 0.4) is 0 Å². The first-order chi connectivity index (χ1) is 7.58. The molecule has 0 spiro atoms. The Morgan fingerprint density at radius 3 is 2.75 bits per heavy atom. The Balaban J connectivity index is 1.94. The predicted octanol–water partition coefficient (Wildman–Crippen LogP) is 3.14. The lowest BCUT2D eigenvalue weighted by Crippen LogP contribution is -2.22. The molecule has 0 aromatic heterocycles. The second-order valence-electron chi connectivity index (χ2n) is 5.90. The van der Waals surface area contributed by atoms with Crippen molar-refractivity contribution >= 4 is 0 Å². The van der Waals surface area contributed by atoms with Gasteiger partial charge in [-0.15, -0.1) is 0 Å². The lowest BCUT2D eigenvalue weighted by molar-refractivity contribution is 0.149. The first-order valence-electron chi connectivity index (χ1n) is 6.54. The number of ether oxygens (including phenoxy) is 1. The molecule has 0 fully saturated rings. The summed E-state index contributed by atoms with van der Waals surface area (Å²) in [6.45, 7) is 10.8. The van der Waals surface area contributed by atoms with E-state index in [9.17, 15) is 0 Å². The molecule has 1 N–H and O–H groups in total. The van der Waals surface area contributed by atoms with Crippen LogP contribution in [0.2, 0.25) is 0 Å². The SMILES string of the molecule is CC(C)(C)CCCCNCC1=CCCOC1. The summed E-state index contributed by atoms with van der Waals surface area (Å²) in [7, 11) is 0. The Bertz CT molecular complexity index is 215. The van der Waals surface area contributed by atoms with Crippen molar-refractivity contribution in [1.82, 2.24) is 5.32 Å². The van der Waals surface area contributed by atoms with Gasteiger partial charge in [0.15, 0.2) is 0 Å². The van der Waals surface area contributed by atoms with Crippen molar-refractivity contribution in [1.29, 1.82) is 0 Å². The second kappa shape index (κ2) is 7.08. The van der Waals surface area contributed by atoms with Gasteiger partial charge in [-0.3, -0.25) is 0 Å². The lowest BCUT2D eigenvalue weighted by atomic mass is 9.90. The molecule has 1 aliphatic rings. The van der Waals surface area contributed by atoms with Gasteiger partial charge in [-0.05, 0) is 36.8 Å². The highest BCUT2D eigenvalue weighted by molar-refractivity contribution is 5.06. The van der Waals surface area contributed by atoms with Crippen LogP contribution < -0.4 is 5.32 Å². The van der Waals surface area contributed by atoms with Crippen LogP contribution >= 0.6 is 0 Å². The van der Waals surface area contributed by atoms with Crippen molar-refractivity contribution < 1.29 is 4.74 Å². The lowest BCUT2D eigenvalue weighted by Gasteiger charge is -2.18. The first-order valence-corrected chi connectivity index (χ1v) is 6.54. The molecular weight excluding hydrogens is 198 g/mol. The van der Waals surface area contributed by atoms with Gasteiger partial charge in [0.05, 0.1) is 13.2 Å². The molecule has 0 amide bonds. The van der Waals surface area contributed by atoms with E-state index in [2.05, 4.69) is 32.2 Å². The average molecular weight is 225 g/mol. The summed E-state index contributed by atoms with van der Waals surface area (Å²) in [5.74, 6) is 0. The highest BCUT2D eigenvalue weighted by atomic mass is 16.5. The van der Waals surface area contributed by atoms with Gasteiger partial charge in [-0.1, -0.05) is 33.3 Å². The second-order valence-corrected chi connectivity index (χ2v) is 5.90. The van der Waals surface area contributed by atoms with Gasteiger partial charge in [-0.25, -0.2) is 0 Å². The molecule has 1 rings (SSSR count). The number of hydrogen-bond acceptors (Lipinski definition) is 2. The molecule has 2 nitrogen and oxygen atoms in total. The number of rotatable bonds is 6. The van der Waals surface area contributed by atoms with Crippen molar-refractivity contribution in [2.75, 3.05) is 26.3 Å². The van der Waals surface area contributed by atoms with Crippen LogP contribution in [0.25, 0.3) is 0 Å². The van der Waals surface area contributed by atoms with E-state index in [1.807, 2.05) is 0 Å². The Morgan fingerprint density at radius 2 is 2.12 bits per heavy atom. The normalized spacial score (nSPS) is 17.3. The van der Waals surface area contributed by atoms with Crippen molar-refractivity contribution in [3.8, 4) is 0 Å². The Kier molecular flexibility index (Phi) is 6.07. The molecule has 16 heavy (non-hydrogen) atoms. The summed E-state index contributed by atoms with van der Waals surface area (Å²) >= 11 is 0. The van der Waals surface area contributed by atoms with Gasteiger partial charge in [0, 0.05) is 6.54 Å². The molecular formula is C14H27NO. The summed E-state index contributed by atoms with van der Waals surface area (Å²) in [4.78, 5) is 0. The Hall–Kier alpha value is -0.340. The largest absolute Gasteiger partial charge is 0.377 e. The molecule has 0 saturated carbocycles. The average Bonchev–Trinajstić information content (AvgIpc) is 2.23. The van der Waals surface area contributed by atoms with Crippen LogP contribution in [0.4, 0.5) is 0 Å². The van der Waals surface area contributed by atoms with E-state index in [1.54, 1.807) is 0 Å². The maximum atomic E-state index is 5.40. The summed E-state index contributed by atoms with van der Waals surface area (Å²) in [6.07, 6.45) is 7.32. The van der Waals surface area contributed by atoms with Gasteiger partial charge in [0.25, 0.3) is 0 Å². The van der Waals surface area contributed by atoms with E-state index in [0.717, 1.165) is 32.7 Å². The first kappa shape index (κ1) is 13.7. The highest BCUT2D eigenvalue weighted by Crippen LogP contribution is 2.21. The van der Waals surface area contributed by atoms with Crippen molar-refractivity contribution in [3.05, 3.63) is 11.6 Å². The van der Waals surface area contributed by atoms with Crippen LogP contribution in [-0.4, -0.2) is 26.3 Å². The molecule has 0 aromatic rings. The molecule has 0 atom stereocenters. The monoisotopic (exact) mass is 225 g/mol. The zero-order valence-electron chi connectivity index (χ0n) is 11.1. The van der Waals surface area contributed by atoms with Gasteiger partial charge in [0.2, 0.25) is 0 Å². The fraction of sp³-hybridized carbons (Fsp3) is 0.857. The fourth-order valence-corrected chi connectivity index (χ4v) is 1.89. The Labute approximate surface area is 100 Å². The minimum Gasteiger partial charge on any atom is -0.377 e. The summed E-state index contributed by atoms with van der Waals surface area (Å²) in [6, 6.07) is 0. The number of nitrogens with one attached hydrogen (secondary N) is 1. The van der Waals surface area contributed by atoms with Crippen molar-refractivity contribution in [2.24, 2.45) is 5.41 Å². The number of unbranched alkanes of at least 4 members (excludes halogenated alkanes) is 1. The molecule has 1 heterocycles. The summed E-state index contributed by atoms with van der Waals surface area (Å²) in [5.41, 5.74) is 1.90. The molecule has 94 valence electrons. The molecule has 0 aromatic carbocycles. The van der Waals surface area contributed by atoms with Gasteiger partial charge in [-0.2, -0.15) is 0 Å². The maximum Gasteiger partial charge on any atom is 0.0689 e. The number of hydrogen-bond donors (Lipinski definition) is 1. The van der Waals surface area contributed by atoms with Crippen molar-refractivity contribution in [3.63, 3.8) is 0 Å². The maximum absolute atomic E-state index is 5.40. The van der Waals surface area contributed by atoms with Gasteiger partial charge >= 0.3 is 0 Å². The zero-order valence-corrected chi connectivity index (χ0v) is 11.1. The van der Waals surface area contributed by atoms with Gasteiger partial charge < -0.3 is 10.1 Å². The van der Waals surface area contributed by atoms with E-state index >= 15 is 0 Å². The molecule has 0 aliphatic carbocycles. The molecule has 1 aliphatic heterocycles. The smallest absolute Gasteiger partial charge is 0.0689 e. The van der Waals surface area contributed by atoms with E-state index in [0.29, 0.717) is 5.41 Å². The molecule has 2 heteroatoms. The Morgan fingerprint density at radius 1 is 1.31 bits per heavy atom. The van der Waals surface area contributed by atoms with E-state index in [4.69, 9.17) is 4.74 Å². The third-order valence-electron chi connectivity index (χ3n) is 2.87. The molecule has 0 radical (unpaired) electrons. The molecule has 0 bridgehead atoms. The van der Waals surface area contributed by atoms with Crippen LogP contribution in [0.5, 0.6) is 0 Å². The van der Waals surface area contributed by atoms with Crippen molar-refractivity contribution in [2.45, 2.75) is 46.5 Å². The minimum absolute atomic E-state index is 0.486. The highest BCUT2D eigenvalue weighted by Gasteiger charge is 2.08. The minimum atomic E-state index is 0.486.